The number of benzene rings is 1. The van der Waals surface area contributed by atoms with Crippen LogP contribution in [0.3, 0.4) is 0 Å². The highest BCUT2D eigenvalue weighted by atomic mass is 79.9. The molecule has 1 fully saturated rings. The smallest absolute Gasteiger partial charge is 0.321 e. The van der Waals surface area contributed by atoms with Crippen LogP contribution in [0.4, 0.5) is 23.7 Å². The van der Waals surface area contributed by atoms with Gasteiger partial charge < -0.3 is 15.7 Å². The molecular weight excluding hydrogens is 341 g/mol. The summed E-state index contributed by atoms with van der Waals surface area (Å²) in [5, 5.41) is 14.4. The molecule has 1 heterocycles. The molecule has 2 amide bonds. The van der Waals surface area contributed by atoms with Crippen molar-refractivity contribution in [2.75, 3.05) is 5.32 Å². The van der Waals surface area contributed by atoms with Crippen LogP contribution in [-0.2, 0) is 5.72 Å². The van der Waals surface area contributed by atoms with Gasteiger partial charge in [0, 0.05) is 11.5 Å². The zero-order chi connectivity index (χ0) is 14.7. The molecule has 0 aromatic heterocycles. The topological polar surface area (TPSA) is 61.4 Å². The predicted octanol–water partition coefficient (Wildman–Crippen LogP) is 2.91. The number of halogens is 4. The molecule has 4 nitrogen and oxygen atoms in total. The van der Waals surface area contributed by atoms with Crippen molar-refractivity contribution < 1.29 is 23.1 Å². The first kappa shape index (κ1) is 13.7. The van der Waals surface area contributed by atoms with Gasteiger partial charge in [-0.05, 0) is 40.9 Å². The molecule has 3 rings (SSSR count). The van der Waals surface area contributed by atoms with E-state index in [1.54, 1.807) is 0 Å². The van der Waals surface area contributed by atoms with Crippen LogP contribution in [0.5, 0.6) is 0 Å². The zero-order valence-corrected chi connectivity index (χ0v) is 11.6. The summed E-state index contributed by atoms with van der Waals surface area (Å²) in [6.07, 6.45) is 0.514. The van der Waals surface area contributed by atoms with Gasteiger partial charge in [0.2, 0.25) is 5.72 Å². The minimum absolute atomic E-state index is 0.00976. The van der Waals surface area contributed by atoms with Crippen LogP contribution in [0.15, 0.2) is 16.6 Å². The van der Waals surface area contributed by atoms with E-state index in [4.69, 9.17) is 0 Å². The average molecular weight is 351 g/mol. The second-order valence-electron chi connectivity index (χ2n) is 5.00. The Morgan fingerprint density at radius 1 is 1.40 bits per heavy atom. The first-order valence-corrected chi connectivity index (χ1v) is 6.74. The summed E-state index contributed by atoms with van der Waals surface area (Å²) in [5.41, 5.74) is -3.34. The second kappa shape index (κ2) is 4.11. The molecule has 108 valence electrons. The second-order valence-corrected chi connectivity index (χ2v) is 5.85. The summed E-state index contributed by atoms with van der Waals surface area (Å²) in [6.45, 7) is 0. The van der Waals surface area contributed by atoms with E-state index in [0.29, 0.717) is 0 Å². The van der Waals surface area contributed by atoms with Gasteiger partial charge in [-0.25, -0.2) is 18.0 Å². The summed E-state index contributed by atoms with van der Waals surface area (Å²) in [7, 11) is 0. The van der Waals surface area contributed by atoms with Crippen molar-refractivity contribution in [3.63, 3.8) is 0 Å². The standard InChI is InChI=1S/C12H10BrF3N2O2/c13-7-4-9-6(3-8(7)14)12(20,18-10(19)17-9)11(15,16)5-1-2-5/h3-5,20H,1-2H2,(H2,17,18,19). The van der Waals surface area contributed by atoms with Crippen molar-refractivity contribution in [3.05, 3.63) is 28.0 Å². The van der Waals surface area contributed by atoms with E-state index in [-0.39, 0.29) is 28.6 Å². The van der Waals surface area contributed by atoms with Crippen LogP contribution in [0.25, 0.3) is 0 Å². The Morgan fingerprint density at radius 3 is 2.65 bits per heavy atom. The number of carbonyl (C=O) groups is 1. The Hall–Kier alpha value is -1.28. The summed E-state index contributed by atoms with van der Waals surface area (Å²) in [5.74, 6) is -5.39. The maximum Gasteiger partial charge on any atom is 0.321 e. The maximum atomic E-state index is 14.3. The molecule has 8 heteroatoms. The van der Waals surface area contributed by atoms with Gasteiger partial charge in [-0.2, -0.15) is 0 Å². The predicted molar refractivity (Wildman–Crippen MR) is 67.8 cm³/mol. The van der Waals surface area contributed by atoms with Crippen LogP contribution >= 0.6 is 15.9 Å². The molecule has 1 aliphatic heterocycles. The summed E-state index contributed by atoms with van der Waals surface area (Å²) in [4.78, 5) is 11.5. The molecule has 1 aromatic carbocycles. The fourth-order valence-corrected chi connectivity index (χ4v) is 2.68. The summed E-state index contributed by atoms with van der Waals surface area (Å²) >= 11 is 2.91. The Balaban J connectivity index is 2.18. The molecule has 0 radical (unpaired) electrons. The van der Waals surface area contributed by atoms with Gasteiger partial charge in [0.25, 0.3) is 0 Å². The van der Waals surface area contributed by atoms with Crippen LogP contribution in [0.1, 0.15) is 18.4 Å². The normalized spacial score (nSPS) is 25.8. The van der Waals surface area contributed by atoms with Gasteiger partial charge >= 0.3 is 12.0 Å². The van der Waals surface area contributed by atoms with Gasteiger partial charge in [0.1, 0.15) is 5.82 Å². The highest BCUT2D eigenvalue weighted by Gasteiger charge is 2.64. The number of hydrogen-bond acceptors (Lipinski definition) is 2. The molecular formula is C12H10BrF3N2O2. The van der Waals surface area contributed by atoms with Crippen LogP contribution in [-0.4, -0.2) is 17.1 Å². The minimum Gasteiger partial charge on any atom is -0.362 e. The van der Waals surface area contributed by atoms with Crippen LogP contribution < -0.4 is 10.6 Å². The van der Waals surface area contributed by atoms with E-state index >= 15 is 0 Å². The van der Waals surface area contributed by atoms with Gasteiger partial charge in [0.05, 0.1) is 10.2 Å². The first-order valence-electron chi connectivity index (χ1n) is 5.94. The molecule has 1 saturated carbocycles. The first-order chi connectivity index (χ1) is 9.25. The van der Waals surface area contributed by atoms with Crippen molar-refractivity contribution in [2.24, 2.45) is 5.92 Å². The number of urea groups is 1. The van der Waals surface area contributed by atoms with E-state index in [0.717, 1.165) is 12.1 Å². The van der Waals surface area contributed by atoms with E-state index in [2.05, 4.69) is 21.2 Å². The van der Waals surface area contributed by atoms with Gasteiger partial charge in [-0.3, -0.25) is 0 Å². The molecule has 1 aromatic rings. The lowest BCUT2D eigenvalue weighted by molar-refractivity contribution is -0.211. The molecule has 1 aliphatic carbocycles. The number of rotatable bonds is 2. The lowest BCUT2D eigenvalue weighted by Crippen LogP contribution is -2.62. The zero-order valence-electron chi connectivity index (χ0n) is 10.0. The molecule has 1 atom stereocenters. The Bertz CT molecular complexity index is 607. The summed E-state index contributed by atoms with van der Waals surface area (Å²) in [6, 6.07) is 0.985. The van der Waals surface area contributed by atoms with E-state index in [1.165, 1.54) is 0 Å². The quantitative estimate of drug-likeness (QED) is 0.767. The molecule has 2 aliphatic rings. The van der Waals surface area contributed by atoms with Crippen molar-refractivity contribution in [1.82, 2.24) is 5.32 Å². The maximum absolute atomic E-state index is 14.3. The van der Waals surface area contributed by atoms with Crippen LogP contribution in [0.2, 0.25) is 0 Å². The fourth-order valence-electron chi connectivity index (χ4n) is 2.34. The third kappa shape index (κ3) is 1.81. The van der Waals surface area contributed by atoms with E-state index in [1.807, 2.05) is 5.32 Å². The SMILES string of the molecule is O=C1Nc2cc(Br)c(F)cc2C(O)(C(F)(F)C2CC2)N1. The average Bonchev–Trinajstić information content (AvgIpc) is 3.15. The largest absolute Gasteiger partial charge is 0.362 e. The Kier molecular flexibility index (Phi) is 2.81. The number of carbonyl (C=O) groups excluding carboxylic acids is 1. The van der Waals surface area contributed by atoms with Crippen molar-refractivity contribution in [3.8, 4) is 0 Å². The van der Waals surface area contributed by atoms with Gasteiger partial charge in [-0.15, -0.1) is 0 Å². The number of nitrogens with one attached hydrogen (secondary N) is 2. The van der Waals surface area contributed by atoms with E-state index < -0.39 is 29.4 Å². The number of alkyl halides is 2. The molecule has 1 unspecified atom stereocenters. The third-order valence-corrected chi connectivity index (χ3v) is 4.17. The van der Waals surface area contributed by atoms with Gasteiger partial charge in [-0.1, -0.05) is 0 Å². The van der Waals surface area contributed by atoms with Gasteiger partial charge in [0.15, 0.2) is 0 Å². The minimum atomic E-state index is -3.57. The molecule has 0 spiro atoms. The lowest BCUT2D eigenvalue weighted by Gasteiger charge is -2.40. The molecule has 3 N–H and O–H groups in total. The molecule has 0 bridgehead atoms. The van der Waals surface area contributed by atoms with Crippen LogP contribution in [0, 0.1) is 11.7 Å². The van der Waals surface area contributed by atoms with Crippen molar-refractivity contribution in [2.45, 2.75) is 24.5 Å². The Labute approximate surface area is 120 Å². The van der Waals surface area contributed by atoms with Crippen molar-refractivity contribution >= 4 is 27.6 Å². The highest BCUT2D eigenvalue weighted by molar-refractivity contribution is 9.10. The van der Waals surface area contributed by atoms with E-state index in [9.17, 15) is 23.1 Å². The number of anilines is 1. The highest BCUT2D eigenvalue weighted by Crippen LogP contribution is 2.53. The summed E-state index contributed by atoms with van der Waals surface area (Å²) < 4.78 is 42.3. The van der Waals surface area contributed by atoms with Crippen molar-refractivity contribution in [1.29, 1.82) is 0 Å². The number of fused-ring (bicyclic) bond motifs is 1. The lowest BCUT2D eigenvalue weighted by atomic mass is 9.90. The number of aliphatic hydroxyl groups is 1. The third-order valence-electron chi connectivity index (χ3n) is 3.57. The monoisotopic (exact) mass is 350 g/mol. The fraction of sp³-hybridized carbons (Fsp3) is 0.417. The molecule has 0 saturated heterocycles. The number of hydrogen-bond donors (Lipinski definition) is 3. The Morgan fingerprint density at radius 2 is 2.05 bits per heavy atom. The number of amides is 2. The molecule has 20 heavy (non-hydrogen) atoms.